The molecular weight excluding hydrogens is 569 g/mol. The van der Waals surface area contributed by atoms with Gasteiger partial charge in [-0.3, -0.25) is 19.4 Å². The van der Waals surface area contributed by atoms with Crippen molar-refractivity contribution in [3.05, 3.63) is 70.2 Å². The molecule has 12 heteroatoms. The van der Waals surface area contributed by atoms with Crippen molar-refractivity contribution in [2.24, 2.45) is 28.5 Å². The molecule has 2 aliphatic rings. The van der Waals surface area contributed by atoms with Crippen LogP contribution >= 0.6 is 11.6 Å². The molecule has 1 saturated carbocycles. The number of fused-ring (bicyclic) bond motifs is 1. The van der Waals surface area contributed by atoms with Gasteiger partial charge in [0.2, 0.25) is 17.7 Å². The van der Waals surface area contributed by atoms with E-state index in [0.29, 0.717) is 27.4 Å². The van der Waals surface area contributed by atoms with Gasteiger partial charge in [-0.05, 0) is 36.8 Å². The van der Waals surface area contributed by atoms with E-state index in [1.807, 2.05) is 0 Å². The first-order valence-electron chi connectivity index (χ1n) is 13.2. The van der Waals surface area contributed by atoms with Crippen LogP contribution in [0.5, 0.6) is 0 Å². The first-order valence-corrected chi connectivity index (χ1v) is 13.6. The second-order valence-electron chi connectivity index (χ2n) is 10.5. The SMILES string of the molecule is NC(=O)[C@@H](C1CCC(F)(F)CC1)[C@@H](CCC(F)(F)F)C(=O)N[C@H]1N=C(c2ccccc2)c2cccc(Cl)c2CC1=O. The normalized spacial score (nSPS) is 20.8. The Bertz CT molecular complexity index is 1320. The first-order chi connectivity index (χ1) is 19.3. The molecule has 2 aromatic rings. The minimum absolute atomic E-state index is 0.178. The summed E-state index contributed by atoms with van der Waals surface area (Å²) in [7, 11) is 0. The second-order valence-corrected chi connectivity index (χ2v) is 11.0. The maximum atomic E-state index is 13.8. The van der Waals surface area contributed by atoms with E-state index in [1.165, 1.54) is 0 Å². The third-order valence-electron chi connectivity index (χ3n) is 7.72. The van der Waals surface area contributed by atoms with Crippen LogP contribution in [-0.2, 0) is 20.8 Å². The number of Topliss-reactive ketones (excluding diaryl/α,β-unsaturated/α-hetero) is 1. The van der Waals surface area contributed by atoms with Gasteiger partial charge in [0.15, 0.2) is 11.9 Å². The average Bonchev–Trinajstić information content (AvgIpc) is 3.04. The van der Waals surface area contributed by atoms with Gasteiger partial charge >= 0.3 is 6.18 Å². The van der Waals surface area contributed by atoms with E-state index in [-0.39, 0.29) is 19.3 Å². The molecule has 1 aliphatic heterocycles. The highest BCUT2D eigenvalue weighted by atomic mass is 35.5. The lowest BCUT2D eigenvalue weighted by molar-refractivity contribution is -0.149. The minimum atomic E-state index is -4.66. The summed E-state index contributed by atoms with van der Waals surface area (Å²) in [6, 6.07) is 13.8. The lowest BCUT2D eigenvalue weighted by atomic mass is 9.71. The van der Waals surface area contributed by atoms with Crippen molar-refractivity contribution in [1.29, 1.82) is 0 Å². The van der Waals surface area contributed by atoms with E-state index in [0.717, 1.165) is 0 Å². The summed E-state index contributed by atoms with van der Waals surface area (Å²) in [5.41, 5.74) is 7.56. The summed E-state index contributed by atoms with van der Waals surface area (Å²) in [6.45, 7) is 0. The Labute approximate surface area is 238 Å². The number of amides is 2. The third-order valence-corrected chi connectivity index (χ3v) is 8.08. The van der Waals surface area contributed by atoms with Crippen LogP contribution in [0.15, 0.2) is 53.5 Å². The van der Waals surface area contributed by atoms with Gasteiger partial charge < -0.3 is 11.1 Å². The van der Waals surface area contributed by atoms with Crippen molar-refractivity contribution in [3.8, 4) is 0 Å². The molecular formula is C29H29ClF5N3O3. The molecule has 3 atom stereocenters. The van der Waals surface area contributed by atoms with Gasteiger partial charge in [0.05, 0.1) is 17.5 Å². The van der Waals surface area contributed by atoms with Crippen LogP contribution < -0.4 is 11.1 Å². The number of hydrogen-bond donors (Lipinski definition) is 2. The van der Waals surface area contributed by atoms with Crippen LogP contribution in [0, 0.1) is 17.8 Å². The van der Waals surface area contributed by atoms with Gasteiger partial charge in [0.25, 0.3) is 0 Å². The number of carbonyl (C=O) groups is 3. The minimum Gasteiger partial charge on any atom is -0.369 e. The highest BCUT2D eigenvalue weighted by Gasteiger charge is 2.45. The molecule has 220 valence electrons. The quantitative estimate of drug-likeness (QED) is 0.386. The summed E-state index contributed by atoms with van der Waals surface area (Å²) in [6.07, 6.45) is -10.1. The van der Waals surface area contributed by atoms with Gasteiger partial charge in [-0.1, -0.05) is 54.1 Å². The summed E-state index contributed by atoms with van der Waals surface area (Å²) in [4.78, 5) is 44.0. The molecule has 1 aliphatic carbocycles. The number of nitrogens with zero attached hydrogens (tertiary/aromatic N) is 1. The van der Waals surface area contributed by atoms with Gasteiger partial charge in [-0.15, -0.1) is 0 Å². The number of halogens is 6. The van der Waals surface area contributed by atoms with Crippen LogP contribution in [0.2, 0.25) is 5.02 Å². The molecule has 0 aromatic heterocycles. The fourth-order valence-corrected chi connectivity index (χ4v) is 5.90. The predicted molar refractivity (Wildman–Crippen MR) is 143 cm³/mol. The zero-order valence-corrected chi connectivity index (χ0v) is 22.7. The van der Waals surface area contributed by atoms with E-state index in [1.54, 1.807) is 48.5 Å². The fraction of sp³-hybridized carbons (Fsp3) is 0.448. The van der Waals surface area contributed by atoms with Crippen LogP contribution in [0.3, 0.4) is 0 Å². The molecule has 1 fully saturated rings. The molecule has 0 saturated heterocycles. The van der Waals surface area contributed by atoms with E-state index in [4.69, 9.17) is 17.3 Å². The number of hydrogen-bond acceptors (Lipinski definition) is 4. The van der Waals surface area contributed by atoms with Gasteiger partial charge in [-0.25, -0.2) is 8.78 Å². The first kappa shape index (κ1) is 30.6. The van der Waals surface area contributed by atoms with Crippen molar-refractivity contribution >= 4 is 34.9 Å². The van der Waals surface area contributed by atoms with Gasteiger partial charge in [0.1, 0.15) is 0 Å². The lowest BCUT2D eigenvalue weighted by Gasteiger charge is -2.36. The highest BCUT2D eigenvalue weighted by Crippen LogP contribution is 2.42. The maximum Gasteiger partial charge on any atom is 0.389 e. The molecule has 2 amide bonds. The van der Waals surface area contributed by atoms with E-state index < -0.39 is 79.3 Å². The van der Waals surface area contributed by atoms with Crippen molar-refractivity contribution in [1.82, 2.24) is 5.32 Å². The molecule has 4 rings (SSSR count). The predicted octanol–water partition coefficient (Wildman–Crippen LogP) is 5.63. The van der Waals surface area contributed by atoms with Crippen molar-refractivity contribution in [3.63, 3.8) is 0 Å². The van der Waals surface area contributed by atoms with E-state index in [9.17, 15) is 36.3 Å². The average molecular weight is 598 g/mol. The topological polar surface area (TPSA) is 102 Å². The summed E-state index contributed by atoms with van der Waals surface area (Å²) >= 11 is 6.40. The Balaban J connectivity index is 1.69. The monoisotopic (exact) mass is 597 g/mol. The van der Waals surface area contributed by atoms with Crippen LogP contribution in [0.25, 0.3) is 0 Å². The maximum absolute atomic E-state index is 13.8. The summed E-state index contributed by atoms with van der Waals surface area (Å²) in [5.74, 6) is -9.46. The third kappa shape index (κ3) is 7.49. The zero-order valence-electron chi connectivity index (χ0n) is 21.9. The van der Waals surface area contributed by atoms with E-state index >= 15 is 0 Å². The van der Waals surface area contributed by atoms with Gasteiger partial charge in [-0.2, -0.15) is 13.2 Å². The number of carbonyl (C=O) groups excluding carboxylic acids is 3. The lowest BCUT2D eigenvalue weighted by Crippen LogP contribution is -2.49. The van der Waals surface area contributed by atoms with Crippen LogP contribution in [0.1, 0.15) is 55.2 Å². The standard InChI is InChI=1S/C29H29ClF5N3O3/c30-21-8-4-7-18-20(21)15-22(39)26(37-24(18)17-5-2-1-3-6-17)38-27(41)19(11-14-29(33,34)35)23(25(36)40)16-9-12-28(31,32)13-10-16/h1-8,16,19,23,26H,9-15H2,(H2,36,40)(H,38,41)/t19-,23+,26-/m1/s1. The Morgan fingerprint density at radius 2 is 1.73 bits per heavy atom. The largest absolute Gasteiger partial charge is 0.389 e. The van der Waals surface area contributed by atoms with Crippen molar-refractivity contribution in [2.75, 3.05) is 0 Å². The summed E-state index contributed by atoms with van der Waals surface area (Å²) in [5, 5.41) is 2.75. The molecule has 0 spiro atoms. The Kier molecular flexibility index (Phi) is 9.16. The summed E-state index contributed by atoms with van der Waals surface area (Å²) < 4.78 is 67.4. The number of alkyl halides is 5. The number of benzene rings is 2. The number of nitrogens with two attached hydrogens (primary N) is 1. The molecule has 2 aromatic carbocycles. The number of nitrogens with one attached hydrogen (secondary N) is 1. The molecule has 0 bridgehead atoms. The number of ketones is 1. The Morgan fingerprint density at radius 1 is 1.07 bits per heavy atom. The fourth-order valence-electron chi connectivity index (χ4n) is 5.66. The highest BCUT2D eigenvalue weighted by molar-refractivity contribution is 6.32. The molecule has 0 unspecified atom stereocenters. The molecule has 0 radical (unpaired) electrons. The smallest absolute Gasteiger partial charge is 0.369 e. The van der Waals surface area contributed by atoms with Crippen LogP contribution in [-0.4, -0.2) is 41.6 Å². The number of aliphatic imine (C=N–C) groups is 1. The van der Waals surface area contributed by atoms with Crippen LogP contribution in [0.4, 0.5) is 22.0 Å². The van der Waals surface area contributed by atoms with Crippen molar-refractivity contribution in [2.45, 2.75) is 63.2 Å². The Hall–Kier alpha value is -3.34. The van der Waals surface area contributed by atoms with Crippen molar-refractivity contribution < 1.29 is 36.3 Å². The zero-order chi connectivity index (χ0) is 29.9. The molecule has 41 heavy (non-hydrogen) atoms. The molecule has 6 nitrogen and oxygen atoms in total. The molecule has 3 N–H and O–H groups in total. The van der Waals surface area contributed by atoms with Gasteiger partial charge in [0, 0.05) is 41.8 Å². The second kappa shape index (κ2) is 12.3. The number of primary amides is 1. The number of rotatable bonds is 8. The van der Waals surface area contributed by atoms with E-state index in [2.05, 4.69) is 10.3 Å². The molecule has 1 heterocycles. The Morgan fingerprint density at radius 3 is 2.34 bits per heavy atom.